The molecule has 0 aromatic heterocycles. The molecule has 0 heterocycles. The highest BCUT2D eigenvalue weighted by atomic mass is 16.5. The van der Waals surface area contributed by atoms with Crippen LogP contribution in [0.4, 0.5) is 0 Å². The first kappa shape index (κ1) is 23.7. The molecule has 0 radical (unpaired) electrons. The van der Waals surface area contributed by atoms with E-state index in [-0.39, 0.29) is 35.6 Å². The Morgan fingerprint density at radius 2 is 1.71 bits per heavy atom. The van der Waals surface area contributed by atoms with Crippen molar-refractivity contribution >= 4 is 17.8 Å². The van der Waals surface area contributed by atoms with E-state index in [1.807, 2.05) is 65.0 Å². The van der Waals surface area contributed by atoms with E-state index in [0.717, 1.165) is 5.56 Å². The largest absolute Gasteiger partial charge is 0.467 e. The SMILES string of the molecule is CC[C@H](C(=O)NCC(=O)N(C)[C@H](C(=O)OC)C(C)C)C(C)(C)c1ccccc1. The number of ether oxygens (including phenoxy) is 1. The van der Waals surface area contributed by atoms with Crippen LogP contribution in [0.1, 0.15) is 46.6 Å². The lowest BCUT2D eigenvalue weighted by Crippen LogP contribution is -2.50. The van der Waals surface area contributed by atoms with Crippen LogP contribution in [0.15, 0.2) is 30.3 Å². The first-order chi connectivity index (χ1) is 13.1. The highest BCUT2D eigenvalue weighted by molar-refractivity contribution is 5.89. The minimum atomic E-state index is -0.683. The van der Waals surface area contributed by atoms with Gasteiger partial charge in [-0.2, -0.15) is 0 Å². The van der Waals surface area contributed by atoms with E-state index in [9.17, 15) is 14.4 Å². The van der Waals surface area contributed by atoms with Crippen molar-refractivity contribution in [2.24, 2.45) is 11.8 Å². The molecule has 6 nitrogen and oxygen atoms in total. The molecule has 0 spiro atoms. The number of likely N-dealkylation sites (N-methyl/N-ethyl adjacent to an activating group) is 1. The Labute approximate surface area is 168 Å². The number of benzene rings is 1. The van der Waals surface area contributed by atoms with Crippen molar-refractivity contribution in [2.45, 2.75) is 52.5 Å². The van der Waals surface area contributed by atoms with Gasteiger partial charge < -0.3 is 15.0 Å². The number of methoxy groups -OCH3 is 1. The normalized spacial score (nSPS) is 13.6. The molecule has 0 fully saturated rings. The monoisotopic (exact) mass is 390 g/mol. The summed E-state index contributed by atoms with van der Waals surface area (Å²) in [6.07, 6.45) is 0.647. The molecule has 6 heteroatoms. The number of nitrogens with one attached hydrogen (secondary N) is 1. The highest BCUT2D eigenvalue weighted by Gasteiger charge is 2.36. The Kier molecular flexibility index (Phi) is 8.66. The molecule has 2 amide bonds. The predicted molar refractivity (Wildman–Crippen MR) is 110 cm³/mol. The summed E-state index contributed by atoms with van der Waals surface area (Å²) in [4.78, 5) is 38.7. The number of nitrogens with zero attached hydrogens (tertiary/aromatic N) is 1. The van der Waals surface area contributed by atoms with Gasteiger partial charge in [0.2, 0.25) is 11.8 Å². The zero-order chi connectivity index (χ0) is 21.5. The Hall–Kier alpha value is -2.37. The summed E-state index contributed by atoms with van der Waals surface area (Å²) in [5.41, 5.74) is 0.702. The van der Waals surface area contributed by atoms with Gasteiger partial charge in [-0.25, -0.2) is 4.79 Å². The van der Waals surface area contributed by atoms with E-state index in [1.54, 1.807) is 7.05 Å². The summed E-state index contributed by atoms with van der Waals surface area (Å²) < 4.78 is 4.80. The van der Waals surface area contributed by atoms with Gasteiger partial charge in [-0.3, -0.25) is 9.59 Å². The van der Waals surface area contributed by atoms with Gasteiger partial charge in [0, 0.05) is 18.4 Å². The molecule has 0 aliphatic heterocycles. The van der Waals surface area contributed by atoms with Crippen LogP contribution in [0, 0.1) is 11.8 Å². The number of amides is 2. The van der Waals surface area contributed by atoms with Crippen LogP contribution in [0.25, 0.3) is 0 Å². The Morgan fingerprint density at radius 1 is 1.14 bits per heavy atom. The fourth-order valence-electron chi connectivity index (χ4n) is 3.66. The van der Waals surface area contributed by atoms with Crippen LogP contribution >= 0.6 is 0 Å². The van der Waals surface area contributed by atoms with Crippen molar-refractivity contribution in [3.8, 4) is 0 Å². The molecular weight excluding hydrogens is 356 g/mol. The van der Waals surface area contributed by atoms with Crippen molar-refractivity contribution in [3.63, 3.8) is 0 Å². The number of esters is 1. The summed E-state index contributed by atoms with van der Waals surface area (Å²) in [6, 6.07) is 9.20. The maximum Gasteiger partial charge on any atom is 0.328 e. The first-order valence-electron chi connectivity index (χ1n) is 9.74. The Morgan fingerprint density at radius 3 is 2.18 bits per heavy atom. The summed E-state index contributed by atoms with van der Waals surface area (Å²) in [6.45, 7) is 9.58. The maximum atomic E-state index is 12.8. The van der Waals surface area contributed by atoms with E-state index < -0.39 is 12.0 Å². The summed E-state index contributed by atoms with van der Waals surface area (Å²) in [5, 5.41) is 2.76. The second kappa shape index (κ2) is 10.2. The van der Waals surface area contributed by atoms with Crippen LogP contribution < -0.4 is 5.32 Å². The number of carbonyl (C=O) groups is 3. The standard InChI is InChI=1S/C22H34N2O4/c1-8-17(22(4,5)16-12-10-9-11-13-16)20(26)23-14-18(25)24(6)19(15(2)3)21(27)28-7/h9-13,15,17,19H,8,14H2,1-7H3,(H,23,26)/t17-,19+/m1/s1. The van der Waals surface area contributed by atoms with Crippen molar-refractivity contribution in [1.82, 2.24) is 10.2 Å². The van der Waals surface area contributed by atoms with Crippen LogP contribution in [-0.2, 0) is 24.5 Å². The first-order valence-corrected chi connectivity index (χ1v) is 9.74. The third-order valence-corrected chi connectivity index (χ3v) is 5.41. The zero-order valence-corrected chi connectivity index (χ0v) is 18.1. The van der Waals surface area contributed by atoms with Crippen molar-refractivity contribution in [1.29, 1.82) is 0 Å². The molecule has 2 atom stereocenters. The molecule has 1 N–H and O–H groups in total. The second-order valence-electron chi connectivity index (χ2n) is 7.98. The maximum absolute atomic E-state index is 12.8. The molecule has 28 heavy (non-hydrogen) atoms. The quantitative estimate of drug-likeness (QED) is 0.658. The number of hydrogen-bond acceptors (Lipinski definition) is 4. The van der Waals surface area contributed by atoms with E-state index in [2.05, 4.69) is 5.32 Å². The molecule has 0 saturated heterocycles. The lowest BCUT2D eigenvalue weighted by Gasteiger charge is -2.34. The molecule has 0 unspecified atom stereocenters. The number of carbonyl (C=O) groups excluding carboxylic acids is 3. The van der Waals surface area contributed by atoms with Gasteiger partial charge in [0.05, 0.1) is 13.7 Å². The van der Waals surface area contributed by atoms with Gasteiger partial charge in [0.1, 0.15) is 6.04 Å². The fraction of sp³-hybridized carbons (Fsp3) is 0.591. The third-order valence-electron chi connectivity index (χ3n) is 5.41. The molecule has 0 aliphatic carbocycles. The molecule has 0 aliphatic rings. The van der Waals surface area contributed by atoms with Gasteiger partial charge in [-0.1, -0.05) is 65.0 Å². The molecule has 1 aromatic carbocycles. The average molecular weight is 391 g/mol. The van der Waals surface area contributed by atoms with Crippen molar-refractivity contribution < 1.29 is 19.1 Å². The second-order valence-corrected chi connectivity index (χ2v) is 7.98. The van der Waals surface area contributed by atoms with Gasteiger partial charge in [-0.05, 0) is 17.9 Å². The van der Waals surface area contributed by atoms with Gasteiger partial charge >= 0.3 is 5.97 Å². The van der Waals surface area contributed by atoms with Crippen molar-refractivity contribution in [3.05, 3.63) is 35.9 Å². The molecule has 1 aromatic rings. The van der Waals surface area contributed by atoms with E-state index in [4.69, 9.17) is 4.74 Å². The van der Waals surface area contributed by atoms with Gasteiger partial charge in [-0.15, -0.1) is 0 Å². The van der Waals surface area contributed by atoms with Crippen LogP contribution in [-0.4, -0.2) is 49.4 Å². The molecular formula is C22H34N2O4. The molecule has 1 rings (SSSR count). The summed E-state index contributed by atoms with van der Waals surface area (Å²) >= 11 is 0. The lowest BCUT2D eigenvalue weighted by atomic mass is 9.71. The van der Waals surface area contributed by atoms with Crippen molar-refractivity contribution in [2.75, 3.05) is 20.7 Å². The minimum absolute atomic E-state index is 0.0995. The van der Waals surface area contributed by atoms with Gasteiger partial charge in [0.15, 0.2) is 0 Å². The van der Waals surface area contributed by atoms with Crippen LogP contribution in [0.5, 0.6) is 0 Å². The van der Waals surface area contributed by atoms with E-state index in [0.29, 0.717) is 6.42 Å². The number of rotatable bonds is 9. The fourth-order valence-corrected chi connectivity index (χ4v) is 3.66. The molecule has 0 saturated carbocycles. The zero-order valence-electron chi connectivity index (χ0n) is 18.1. The van der Waals surface area contributed by atoms with Gasteiger partial charge in [0.25, 0.3) is 0 Å². The van der Waals surface area contributed by atoms with E-state index in [1.165, 1.54) is 12.0 Å². The predicted octanol–water partition coefficient (Wildman–Crippen LogP) is 2.76. The molecule has 156 valence electrons. The minimum Gasteiger partial charge on any atom is -0.467 e. The highest BCUT2D eigenvalue weighted by Crippen LogP contribution is 2.33. The van der Waals surface area contributed by atoms with E-state index >= 15 is 0 Å². The van der Waals surface area contributed by atoms with Crippen LogP contribution in [0.2, 0.25) is 0 Å². The summed E-state index contributed by atoms with van der Waals surface area (Å²) in [7, 11) is 2.86. The average Bonchev–Trinajstić information content (AvgIpc) is 2.66. The summed E-state index contributed by atoms with van der Waals surface area (Å²) in [5.74, 6) is -1.34. The Bertz CT molecular complexity index is 670. The third kappa shape index (κ3) is 5.57. The number of hydrogen-bond donors (Lipinski definition) is 1. The lowest BCUT2D eigenvalue weighted by molar-refractivity contribution is -0.153. The molecule has 0 bridgehead atoms. The Balaban J connectivity index is 2.83. The smallest absolute Gasteiger partial charge is 0.328 e. The topological polar surface area (TPSA) is 75.7 Å². The van der Waals surface area contributed by atoms with Crippen LogP contribution in [0.3, 0.4) is 0 Å².